The number of rotatable bonds is 5. The largest absolute Gasteiger partial charge is 0.854 e. The molecule has 0 spiro atoms. The van der Waals surface area contributed by atoms with Crippen LogP contribution in [0.15, 0.2) is 12.2 Å². The van der Waals surface area contributed by atoms with Gasteiger partial charge in [-0.1, -0.05) is 46.8 Å². The summed E-state index contributed by atoms with van der Waals surface area (Å²) in [5.41, 5.74) is 2.18. The summed E-state index contributed by atoms with van der Waals surface area (Å²) in [6.45, 7) is 27.0. The first-order valence-electron chi connectivity index (χ1n) is 18.2. The molecule has 5 aliphatic carbocycles. The van der Waals surface area contributed by atoms with Crippen LogP contribution in [0.25, 0.3) is 0 Å². The molecular weight excluding hydrogens is 532 g/mol. The Morgan fingerprint density at radius 2 is 1.56 bits per heavy atom. The molecule has 5 nitrogen and oxygen atoms in total. The van der Waals surface area contributed by atoms with Crippen molar-refractivity contribution < 1.29 is 19.1 Å². The molecule has 0 aromatic rings. The normalized spacial score (nSPS) is 53.2. The maximum Gasteiger partial charge on any atom is 0.362 e. The standard InChI is InChI=1S/C38H62N2O3/c1-26(2)27-10-15-38(25-41)17-16-36(6)28(33(27)38)8-9-30-35(5)13-12-31(34(3,4)29(35)11-14-37(30,36)7)43-32(42)24-40-21-18-39(19-22-40)20-23-40/h27-31,33H,1,8-25H2,2-7H3/t27?,28?,29?,30?,31-,33?,35-,36+,37+,38+/m0/s1. The molecule has 0 N–H and O–H groups in total. The number of quaternary nitrogens is 1. The van der Waals surface area contributed by atoms with Gasteiger partial charge in [0, 0.05) is 25.0 Å². The number of allylic oxidation sites excluding steroid dienone is 1. The lowest BCUT2D eigenvalue weighted by atomic mass is 9.32. The van der Waals surface area contributed by atoms with Crippen LogP contribution in [0, 0.1) is 56.7 Å². The molecule has 242 valence electrons. The van der Waals surface area contributed by atoms with E-state index in [2.05, 4.69) is 53.0 Å². The molecule has 5 heteroatoms. The van der Waals surface area contributed by atoms with Gasteiger partial charge in [0.2, 0.25) is 0 Å². The zero-order valence-corrected chi connectivity index (χ0v) is 28.5. The molecule has 3 aliphatic heterocycles. The van der Waals surface area contributed by atoms with E-state index in [9.17, 15) is 9.90 Å². The Kier molecular flexibility index (Phi) is 7.18. The topological polar surface area (TPSA) is 52.6 Å². The van der Waals surface area contributed by atoms with Crippen LogP contribution in [0.2, 0.25) is 0 Å². The first-order chi connectivity index (χ1) is 20.2. The number of hydrogen-bond acceptors (Lipinski definition) is 4. The zero-order valence-electron chi connectivity index (χ0n) is 28.5. The first kappa shape index (κ1) is 30.7. The fourth-order valence-corrected chi connectivity index (χ4v) is 14.2. The van der Waals surface area contributed by atoms with Gasteiger partial charge in [0.1, 0.15) is 6.10 Å². The number of fused-ring (bicyclic) bond motifs is 10. The highest BCUT2D eigenvalue weighted by atomic mass is 16.5. The first-order valence-corrected chi connectivity index (χ1v) is 18.2. The van der Waals surface area contributed by atoms with Crippen molar-refractivity contribution >= 4 is 5.97 Å². The smallest absolute Gasteiger partial charge is 0.362 e. The van der Waals surface area contributed by atoms with Gasteiger partial charge in [0.05, 0.1) is 19.6 Å². The number of hydrogen-bond donors (Lipinski definition) is 0. The van der Waals surface area contributed by atoms with E-state index < -0.39 is 0 Å². The van der Waals surface area contributed by atoms with Gasteiger partial charge in [0.25, 0.3) is 0 Å². The molecule has 8 rings (SSSR count). The molecule has 0 radical (unpaired) electrons. The molecule has 3 heterocycles. The summed E-state index contributed by atoms with van der Waals surface area (Å²) in [5.74, 6) is 3.05. The van der Waals surface area contributed by atoms with Crippen LogP contribution in [0.5, 0.6) is 0 Å². The van der Waals surface area contributed by atoms with Crippen LogP contribution >= 0.6 is 0 Å². The molecule has 43 heavy (non-hydrogen) atoms. The van der Waals surface area contributed by atoms with Gasteiger partial charge in [-0.2, -0.15) is 0 Å². The molecule has 8 aliphatic rings. The number of carbonyl (C=O) groups is 1. The highest BCUT2D eigenvalue weighted by Gasteiger charge is 2.70. The van der Waals surface area contributed by atoms with Gasteiger partial charge in [-0.25, -0.2) is 4.79 Å². The van der Waals surface area contributed by atoms with Crippen molar-refractivity contribution in [3.63, 3.8) is 0 Å². The predicted molar refractivity (Wildman–Crippen MR) is 170 cm³/mol. The second-order valence-corrected chi connectivity index (χ2v) is 18.5. The molecule has 10 atom stereocenters. The van der Waals surface area contributed by atoms with Crippen molar-refractivity contribution in [2.75, 3.05) is 52.4 Å². The zero-order chi connectivity index (χ0) is 30.6. The summed E-state index contributed by atoms with van der Waals surface area (Å²) in [6, 6.07) is 0. The van der Waals surface area contributed by atoms with Crippen LogP contribution in [0.4, 0.5) is 0 Å². The second kappa shape index (κ2) is 10.0. The maximum atomic E-state index is 13.5. The molecule has 0 amide bonds. The van der Waals surface area contributed by atoms with Crippen LogP contribution in [0.1, 0.15) is 106 Å². The highest BCUT2D eigenvalue weighted by Crippen LogP contribution is 2.77. The summed E-state index contributed by atoms with van der Waals surface area (Å²) in [5, 5.41) is 12.9. The minimum atomic E-state index is -0.0108. The van der Waals surface area contributed by atoms with E-state index in [4.69, 9.17) is 4.74 Å². The molecule has 5 unspecified atom stereocenters. The Labute approximate surface area is 262 Å². The molecule has 5 saturated carbocycles. The summed E-state index contributed by atoms with van der Waals surface area (Å²) >= 11 is 0. The molecule has 0 aromatic heterocycles. The lowest BCUT2D eigenvalue weighted by Crippen LogP contribution is -2.69. The average Bonchev–Trinajstić information content (AvgIpc) is 3.36. The third kappa shape index (κ3) is 4.21. The fraction of sp³-hybridized carbons (Fsp3) is 0.921. The van der Waals surface area contributed by atoms with Gasteiger partial charge in [-0.15, -0.1) is 6.61 Å². The van der Waals surface area contributed by atoms with Gasteiger partial charge in [-0.3, -0.25) is 4.90 Å². The second-order valence-electron chi connectivity index (χ2n) is 18.5. The molecular formula is C38H62N2O3. The monoisotopic (exact) mass is 594 g/mol. The quantitative estimate of drug-likeness (QED) is 0.221. The summed E-state index contributed by atoms with van der Waals surface area (Å²) in [4.78, 5) is 16.0. The third-order valence-corrected chi connectivity index (χ3v) is 16.9. The number of esters is 1. The van der Waals surface area contributed by atoms with Crippen molar-refractivity contribution in [2.45, 2.75) is 112 Å². The average molecular weight is 595 g/mol. The molecule has 0 aromatic carbocycles. The highest BCUT2D eigenvalue weighted by molar-refractivity contribution is 5.71. The van der Waals surface area contributed by atoms with E-state index in [1.54, 1.807) is 0 Å². The van der Waals surface area contributed by atoms with E-state index in [-0.39, 0.29) is 40.3 Å². The number of piperazine rings is 3. The maximum absolute atomic E-state index is 13.5. The van der Waals surface area contributed by atoms with E-state index in [0.29, 0.717) is 41.5 Å². The number of nitrogens with zero attached hydrogens (tertiary/aromatic N) is 2. The minimum absolute atomic E-state index is 0.00887. The Hall–Kier alpha value is -0.910. The third-order valence-electron chi connectivity index (χ3n) is 16.9. The van der Waals surface area contributed by atoms with Gasteiger partial charge >= 0.3 is 5.97 Å². The Balaban J connectivity index is 1.11. The van der Waals surface area contributed by atoms with Crippen molar-refractivity contribution in [3.8, 4) is 0 Å². The predicted octanol–water partition coefficient (Wildman–Crippen LogP) is 6.06. The van der Waals surface area contributed by atoms with Crippen LogP contribution < -0.4 is 5.11 Å². The summed E-state index contributed by atoms with van der Waals surface area (Å²) in [7, 11) is 0. The lowest BCUT2D eigenvalue weighted by Gasteiger charge is -2.73. The van der Waals surface area contributed by atoms with Crippen LogP contribution in [-0.4, -0.2) is 73.9 Å². The summed E-state index contributed by atoms with van der Waals surface area (Å²) < 4.78 is 7.46. The van der Waals surface area contributed by atoms with Crippen LogP contribution in [0.3, 0.4) is 0 Å². The van der Waals surface area contributed by atoms with Gasteiger partial charge in [0.15, 0.2) is 6.54 Å². The lowest BCUT2D eigenvalue weighted by molar-refractivity contribution is -0.934. The molecule has 3 saturated heterocycles. The van der Waals surface area contributed by atoms with Gasteiger partial charge < -0.3 is 14.3 Å². The van der Waals surface area contributed by atoms with Crippen molar-refractivity contribution in [2.24, 2.45) is 56.7 Å². The molecule has 2 bridgehead atoms. The fourth-order valence-electron chi connectivity index (χ4n) is 14.2. The van der Waals surface area contributed by atoms with Gasteiger partial charge in [-0.05, 0) is 122 Å². The van der Waals surface area contributed by atoms with Crippen molar-refractivity contribution in [1.29, 1.82) is 0 Å². The van der Waals surface area contributed by atoms with E-state index in [1.807, 2.05) is 0 Å². The van der Waals surface area contributed by atoms with E-state index >= 15 is 0 Å². The number of carbonyl (C=O) groups excluding carboxylic acids is 1. The Morgan fingerprint density at radius 1 is 0.860 bits per heavy atom. The summed E-state index contributed by atoms with van der Waals surface area (Å²) in [6.07, 6.45) is 12.0. The van der Waals surface area contributed by atoms with E-state index in [1.165, 1.54) is 50.5 Å². The molecule has 8 fully saturated rings. The Morgan fingerprint density at radius 3 is 2.21 bits per heavy atom. The van der Waals surface area contributed by atoms with Crippen molar-refractivity contribution in [3.05, 3.63) is 12.2 Å². The SMILES string of the molecule is C=C(C)C1CC[C@]2(C[O-])CC[C@]3(C)C(CCC4[C@@]5(C)CC[C@H](OC(=O)C[N+]67CCN(CC6)CC7)C(C)(C)C5CC[C@]43C)C12. The van der Waals surface area contributed by atoms with Crippen LogP contribution in [-0.2, 0) is 9.53 Å². The minimum Gasteiger partial charge on any atom is -0.854 e. The van der Waals surface area contributed by atoms with Crippen molar-refractivity contribution in [1.82, 2.24) is 4.90 Å². The number of ether oxygens (including phenoxy) is 1. The Bertz CT molecular complexity index is 1130. The van der Waals surface area contributed by atoms with E-state index in [0.717, 1.165) is 63.0 Å².